The zero-order valence-corrected chi connectivity index (χ0v) is 11.8. The van der Waals surface area contributed by atoms with Crippen molar-refractivity contribution in [3.63, 3.8) is 0 Å². The molecule has 102 valence electrons. The van der Waals surface area contributed by atoms with Gasteiger partial charge in [-0.05, 0) is 17.7 Å². The van der Waals surface area contributed by atoms with E-state index in [1.54, 1.807) is 18.0 Å². The van der Waals surface area contributed by atoms with Gasteiger partial charge >= 0.3 is 0 Å². The molecule has 1 unspecified atom stereocenters. The molecule has 0 bridgehead atoms. The van der Waals surface area contributed by atoms with Crippen LogP contribution in [0.5, 0.6) is 0 Å². The highest BCUT2D eigenvalue weighted by atomic mass is 35.5. The Bertz CT molecular complexity index is 538. The number of rotatable bonds is 3. The molecule has 2 N–H and O–H groups in total. The Labute approximate surface area is 119 Å². The molecule has 2 rings (SSSR count). The molecule has 1 aliphatic rings. The minimum atomic E-state index is -0.393. The summed E-state index contributed by atoms with van der Waals surface area (Å²) >= 11 is 7.20. The van der Waals surface area contributed by atoms with Crippen molar-refractivity contribution in [1.29, 1.82) is 0 Å². The summed E-state index contributed by atoms with van der Waals surface area (Å²) in [7, 11) is 1.68. The maximum absolute atomic E-state index is 12.9. The van der Waals surface area contributed by atoms with Crippen molar-refractivity contribution in [3.05, 3.63) is 34.6 Å². The summed E-state index contributed by atoms with van der Waals surface area (Å²) in [6.07, 6.45) is 0. The monoisotopic (exact) mass is 301 g/mol. The van der Waals surface area contributed by atoms with E-state index in [1.807, 2.05) is 0 Å². The molecule has 1 atom stereocenters. The third-order valence-electron chi connectivity index (χ3n) is 2.75. The van der Waals surface area contributed by atoms with E-state index in [-0.39, 0.29) is 11.2 Å². The summed E-state index contributed by atoms with van der Waals surface area (Å²) in [5.41, 5.74) is 6.24. The number of hydrogen-bond acceptors (Lipinski definition) is 4. The molecular weight excluding hydrogens is 289 g/mol. The molecule has 0 saturated carbocycles. The molecule has 0 spiro atoms. The van der Waals surface area contributed by atoms with Gasteiger partial charge in [0.15, 0.2) is 5.17 Å². The van der Waals surface area contributed by atoms with E-state index in [2.05, 4.69) is 4.99 Å². The molecule has 1 aromatic rings. The van der Waals surface area contributed by atoms with E-state index < -0.39 is 5.82 Å². The lowest BCUT2D eigenvalue weighted by atomic mass is 10.2. The van der Waals surface area contributed by atoms with Crippen molar-refractivity contribution >= 4 is 34.4 Å². The number of halogens is 2. The summed E-state index contributed by atoms with van der Waals surface area (Å²) in [6.45, 7) is 0.728. The van der Waals surface area contributed by atoms with Gasteiger partial charge in [-0.1, -0.05) is 29.4 Å². The zero-order valence-electron chi connectivity index (χ0n) is 10.3. The van der Waals surface area contributed by atoms with Gasteiger partial charge in [0.1, 0.15) is 11.1 Å². The van der Waals surface area contributed by atoms with Crippen LogP contribution in [0.2, 0.25) is 5.02 Å². The number of hydrogen-bond donors (Lipinski definition) is 1. The third-order valence-corrected chi connectivity index (χ3v) is 4.11. The number of carbonyl (C=O) groups is 1. The number of amidine groups is 1. The summed E-state index contributed by atoms with van der Waals surface area (Å²) < 4.78 is 12.9. The summed E-state index contributed by atoms with van der Waals surface area (Å²) in [5, 5.41) is 0.477. The number of thioether (sulfide) groups is 1. The molecule has 1 amide bonds. The Morgan fingerprint density at radius 1 is 1.68 bits per heavy atom. The number of benzene rings is 1. The van der Waals surface area contributed by atoms with Gasteiger partial charge in [-0.25, -0.2) is 4.39 Å². The van der Waals surface area contributed by atoms with E-state index in [1.165, 1.54) is 23.9 Å². The molecule has 4 nitrogen and oxygen atoms in total. The Balaban J connectivity index is 2.00. The van der Waals surface area contributed by atoms with Gasteiger partial charge in [0, 0.05) is 18.6 Å². The van der Waals surface area contributed by atoms with Crippen LogP contribution in [0.3, 0.4) is 0 Å². The molecule has 1 aliphatic heterocycles. The highest BCUT2D eigenvalue weighted by Crippen LogP contribution is 2.23. The number of nitrogens with two attached hydrogens (primary N) is 1. The smallest absolute Gasteiger partial charge is 0.238 e. The first kappa shape index (κ1) is 14.1. The lowest BCUT2D eigenvalue weighted by Crippen LogP contribution is -2.35. The molecule has 1 heterocycles. The van der Waals surface area contributed by atoms with Crippen LogP contribution in [0.4, 0.5) is 4.39 Å². The Hall–Kier alpha value is -1.27. The first-order valence-electron chi connectivity index (χ1n) is 5.63. The Kier molecular flexibility index (Phi) is 4.31. The largest absolute Gasteiger partial charge is 0.379 e. The standard InChI is InChI=1S/C12H13ClFN3OS/c1-17(11(18)10-5-16-12(15)19-10)6-7-2-3-8(14)4-9(7)13/h2-4,10H,5-6H2,1H3,(H2,15,16). The van der Waals surface area contributed by atoms with Crippen molar-refractivity contribution in [2.75, 3.05) is 13.6 Å². The van der Waals surface area contributed by atoms with Crippen LogP contribution in [0.25, 0.3) is 0 Å². The average Bonchev–Trinajstić information content (AvgIpc) is 2.78. The third kappa shape index (κ3) is 3.39. The molecule has 0 aliphatic carbocycles. The first-order chi connectivity index (χ1) is 8.97. The van der Waals surface area contributed by atoms with E-state index in [9.17, 15) is 9.18 Å². The molecule has 0 aromatic heterocycles. The predicted octanol–water partition coefficient (Wildman–Crippen LogP) is 1.87. The Morgan fingerprint density at radius 3 is 3.00 bits per heavy atom. The summed E-state index contributed by atoms with van der Waals surface area (Å²) in [6, 6.07) is 4.14. The maximum Gasteiger partial charge on any atom is 0.238 e. The highest BCUT2D eigenvalue weighted by Gasteiger charge is 2.27. The van der Waals surface area contributed by atoms with E-state index in [4.69, 9.17) is 17.3 Å². The van der Waals surface area contributed by atoms with Crippen LogP contribution in [0.15, 0.2) is 23.2 Å². The van der Waals surface area contributed by atoms with Gasteiger partial charge in [-0.3, -0.25) is 9.79 Å². The normalized spacial score (nSPS) is 18.3. The second kappa shape index (κ2) is 5.79. The highest BCUT2D eigenvalue weighted by molar-refractivity contribution is 8.15. The van der Waals surface area contributed by atoms with Crippen molar-refractivity contribution in [1.82, 2.24) is 4.90 Å². The quantitative estimate of drug-likeness (QED) is 0.927. The maximum atomic E-state index is 12.9. The number of amides is 1. The van der Waals surface area contributed by atoms with Crippen LogP contribution in [-0.4, -0.2) is 34.8 Å². The van der Waals surface area contributed by atoms with E-state index in [0.29, 0.717) is 28.8 Å². The topological polar surface area (TPSA) is 58.7 Å². The number of nitrogens with zero attached hydrogens (tertiary/aromatic N) is 2. The molecule has 19 heavy (non-hydrogen) atoms. The van der Waals surface area contributed by atoms with Crippen molar-refractivity contribution in [3.8, 4) is 0 Å². The fraction of sp³-hybridized carbons (Fsp3) is 0.333. The van der Waals surface area contributed by atoms with Gasteiger partial charge in [0.2, 0.25) is 5.91 Å². The lowest BCUT2D eigenvalue weighted by Gasteiger charge is -2.20. The van der Waals surface area contributed by atoms with Crippen molar-refractivity contribution in [2.45, 2.75) is 11.8 Å². The molecule has 0 saturated heterocycles. The van der Waals surface area contributed by atoms with Crippen LogP contribution in [0.1, 0.15) is 5.56 Å². The zero-order chi connectivity index (χ0) is 14.0. The molecule has 0 radical (unpaired) electrons. The van der Waals surface area contributed by atoms with Crippen molar-refractivity contribution in [2.24, 2.45) is 10.7 Å². The molecular formula is C12H13ClFN3OS. The van der Waals surface area contributed by atoms with Gasteiger partial charge in [-0.15, -0.1) is 0 Å². The van der Waals surface area contributed by atoms with E-state index in [0.717, 1.165) is 0 Å². The van der Waals surface area contributed by atoms with Gasteiger partial charge in [0.25, 0.3) is 0 Å². The minimum Gasteiger partial charge on any atom is -0.379 e. The summed E-state index contributed by atoms with van der Waals surface area (Å²) in [4.78, 5) is 17.7. The molecule has 0 fully saturated rings. The van der Waals surface area contributed by atoms with Crippen LogP contribution >= 0.6 is 23.4 Å². The first-order valence-corrected chi connectivity index (χ1v) is 6.88. The Morgan fingerprint density at radius 2 is 2.42 bits per heavy atom. The number of carbonyl (C=O) groups excluding carboxylic acids is 1. The number of aliphatic imine (C=N–C) groups is 1. The minimum absolute atomic E-state index is 0.0606. The fourth-order valence-electron chi connectivity index (χ4n) is 1.75. The fourth-order valence-corrected chi connectivity index (χ4v) is 2.85. The second-order valence-electron chi connectivity index (χ2n) is 4.22. The predicted molar refractivity (Wildman–Crippen MR) is 75.8 cm³/mol. The average molecular weight is 302 g/mol. The van der Waals surface area contributed by atoms with Gasteiger partial charge in [-0.2, -0.15) is 0 Å². The second-order valence-corrected chi connectivity index (χ2v) is 5.85. The summed E-state index contributed by atoms with van der Waals surface area (Å²) in [5.74, 6) is -0.454. The molecule has 1 aromatic carbocycles. The van der Waals surface area contributed by atoms with E-state index >= 15 is 0 Å². The molecule has 7 heteroatoms. The van der Waals surface area contributed by atoms with Crippen molar-refractivity contribution < 1.29 is 9.18 Å². The van der Waals surface area contributed by atoms with Crippen LogP contribution in [-0.2, 0) is 11.3 Å². The van der Waals surface area contributed by atoms with Crippen LogP contribution < -0.4 is 5.73 Å². The van der Waals surface area contributed by atoms with Gasteiger partial charge in [0.05, 0.1) is 6.54 Å². The van der Waals surface area contributed by atoms with Gasteiger partial charge < -0.3 is 10.6 Å². The SMILES string of the molecule is CN(Cc1ccc(F)cc1Cl)C(=O)C1CN=C(N)S1. The van der Waals surface area contributed by atoms with Crippen LogP contribution in [0, 0.1) is 5.82 Å². The lowest BCUT2D eigenvalue weighted by molar-refractivity contribution is -0.129.